The predicted molar refractivity (Wildman–Crippen MR) is 85.2 cm³/mol. The molecule has 0 fully saturated rings. The third-order valence-electron chi connectivity index (χ3n) is 3.02. The third-order valence-corrected chi connectivity index (χ3v) is 4.96. The molecule has 7 heteroatoms. The number of hydrogen-bond acceptors (Lipinski definition) is 3. The van der Waals surface area contributed by atoms with E-state index in [0.717, 1.165) is 4.88 Å². The Morgan fingerprint density at radius 2 is 1.90 bits per heavy atom. The minimum absolute atomic E-state index is 0.101. The summed E-state index contributed by atoms with van der Waals surface area (Å²) in [6.07, 6.45) is 0. The maximum absolute atomic E-state index is 12.2. The maximum Gasteiger partial charge on any atom is 0.338 e. The van der Waals surface area contributed by atoms with Crippen LogP contribution in [0.4, 0.5) is 5.00 Å². The standard InChI is InChI=1S/C14H11Cl2NO3S/c1-6-7(2)21-13(10(6)14(19)20)17-12(18)8-4-3-5-9(15)11(8)16/h3-5H,1-2H3,(H,17,18)(H,19,20). The molecule has 0 spiro atoms. The molecule has 4 nitrogen and oxygen atoms in total. The maximum atomic E-state index is 12.2. The van der Waals surface area contributed by atoms with Crippen LogP contribution in [0.5, 0.6) is 0 Å². The molecule has 0 saturated heterocycles. The summed E-state index contributed by atoms with van der Waals surface area (Å²) < 4.78 is 0. The fourth-order valence-electron chi connectivity index (χ4n) is 1.82. The molecule has 1 amide bonds. The van der Waals surface area contributed by atoms with Crippen LogP contribution in [0.1, 0.15) is 31.2 Å². The van der Waals surface area contributed by atoms with Gasteiger partial charge in [-0.3, -0.25) is 4.79 Å². The highest BCUT2D eigenvalue weighted by Gasteiger charge is 2.21. The number of benzene rings is 1. The van der Waals surface area contributed by atoms with E-state index in [1.165, 1.54) is 17.4 Å². The van der Waals surface area contributed by atoms with Gasteiger partial charge in [0.1, 0.15) is 5.00 Å². The molecule has 0 aliphatic rings. The minimum atomic E-state index is -1.08. The third kappa shape index (κ3) is 3.05. The highest BCUT2D eigenvalue weighted by Crippen LogP contribution is 2.33. The number of carboxylic acid groups (broad SMARTS) is 1. The second kappa shape index (κ2) is 6.05. The number of carbonyl (C=O) groups excluding carboxylic acids is 1. The summed E-state index contributed by atoms with van der Waals surface area (Å²) in [6, 6.07) is 4.70. The molecule has 2 N–H and O–H groups in total. The Hall–Kier alpha value is -1.56. The van der Waals surface area contributed by atoms with Crippen molar-refractivity contribution in [2.24, 2.45) is 0 Å². The number of nitrogens with one attached hydrogen (secondary N) is 1. The van der Waals surface area contributed by atoms with Crippen LogP contribution in [0, 0.1) is 13.8 Å². The molecule has 2 aromatic rings. The van der Waals surface area contributed by atoms with Gasteiger partial charge in [0.05, 0.1) is 21.2 Å². The molecule has 0 unspecified atom stereocenters. The van der Waals surface area contributed by atoms with Gasteiger partial charge < -0.3 is 10.4 Å². The molecule has 1 aromatic carbocycles. The molecule has 0 aliphatic carbocycles. The zero-order chi connectivity index (χ0) is 15.7. The van der Waals surface area contributed by atoms with E-state index in [9.17, 15) is 14.7 Å². The number of aromatic carboxylic acids is 1. The van der Waals surface area contributed by atoms with E-state index < -0.39 is 11.9 Å². The van der Waals surface area contributed by atoms with Gasteiger partial charge in [-0.05, 0) is 31.5 Å². The fraction of sp³-hybridized carbons (Fsp3) is 0.143. The lowest BCUT2D eigenvalue weighted by Crippen LogP contribution is -2.14. The molecule has 21 heavy (non-hydrogen) atoms. The highest BCUT2D eigenvalue weighted by molar-refractivity contribution is 7.16. The Morgan fingerprint density at radius 3 is 2.52 bits per heavy atom. The first-order valence-electron chi connectivity index (χ1n) is 5.91. The van der Waals surface area contributed by atoms with Crippen molar-refractivity contribution in [2.45, 2.75) is 13.8 Å². The molecule has 1 heterocycles. The van der Waals surface area contributed by atoms with Crippen LogP contribution in [0.3, 0.4) is 0 Å². The highest BCUT2D eigenvalue weighted by atomic mass is 35.5. The quantitative estimate of drug-likeness (QED) is 0.854. The Balaban J connectivity index is 2.39. The van der Waals surface area contributed by atoms with Crippen molar-refractivity contribution >= 4 is 51.4 Å². The predicted octanol–water partition coefficient (Wildman–Crippen LogP) is 4.62. The number of anilines is 1. The number of thiophene rings is 1. The van der Waals surface area contributed by atoms with Crippen LogP contribution < -0.4 is 5.32 Å². The number of amides is 1. The number of carbonyl (C=O) groups is 2. The molecule has 0 bridgehead atoms. The lowest BCUT2D eigenvalue weighted by Gasteiger charge is -2.07. The van der Waals surface area contributed by atoms with Crippen LogP contribution >= 0.6 is 34.5 Å². The van der Waals surface area contributed by atoms with E-state index in [1.807, 2.05) is 0 Å². The first kappa shape index (κ1) is 15.8. The van der Waals surface area contributed by atoms with E-state index in [-0.39, 0.29) is 21.2 Å². The SMILES string of the molecule is Cc1sc(NC(=O)c2cccc(Cl)c2Cl)c(C(=O)O)c1C. The Labute approximate surface area is 135 Å². The summed E-state index contributed by atoms with van der Waals surface area (Å²) >= 11 is 13.1. The van der Waals surface area contributed by atoms with Crippen LogP contribution in [0.2, 0.25) is 10.0 Å². The van der Waals surface area contributed by atoms with Crippen molar-refractivity contribution in [1.82, 2.24) is 0 Å². The van der Waals surface area contributed by atoms with Gasteiger partial charge in [-0.15, -0.1) is 11.3 Å². The number of halogens is 2. The molecular formula is C14H11Cl2NO3S. The van der Waals surface area contributed by atoms with Gasteiger partial charge in [-0.2, -0.15) is 0 Å². The Bertz CT molecular complexity index is 740. The van der Waals surface area contributed by atoms with Gasteiger partial charge in [0.25, 0.3) is 5.91 Å². The second-order valence-electron chi connectivity index (χ2n) is 4.35. The normalized spacial score (nSPS) is 10.5. The summed E-state index contributed by atoms with van der Waals surface area (Å²) in [7, 11) is 0. The largest absolute Gasteiger partial charge is 0.478 e. The van der Waals surface area contributed by atoms with Crippen molar-refractivity contribution in [3.8, 4) is 0 Å². The van der Waals surface area contributed by atoms with Crippen LogP contribution in [-0.4, -0.2) is 17.0 Å². The lowest BCUT2D eigenvalue weighted by atomic mass is 10.1. The van der Waals surface area contributed by atoms with Crippen molar-refractivity contribution in [2.75, 3.05) is 5.32 Å². The Kier molecular flexibility index (Phi) is 4.56. The number of carboxylic acids is 1. The molecule has 0 radical (unpaired) electrons. The van der Waals surface area contributed by atoms with Crippen molar-refractivity contribution in [3.63, 3.8) is 0 Å². The number of hydrogen-bond donors (Lipinski definition) is 2. The van der Waals surface area contributed by atoms with Crippen LogP contribution in [0.15, 0.2) is 18.2 Å². The van der Waals surface area contributed by atoms with Crippen LogP contribution in [0.25, 0.3) is 0 Å². The summed E-state index contributed by atoms with van der Waals surface area (Å²) in [4.78, 5) is 24.4. The lowest BCUT2D eigenvalue weighted by molar-refractivity contribution is 0.0697. The van der Waals surface area contributed by atoms with Gasteiger partial charge in [-0.1, -0.05) is 29.3 Å². The fourth-order valence-corrected chi connectivity index (χ4v) is 3.26. The smallest absolute Gasteiger partial charge is 0.338 e. The zero-order valence-electron chi connectivity index (χ0n) is 11.2. The average Bonchev–Trinajstić information content (AvgIpc) is 2.67. The molecule has 0 aliphatic heterocycles. The van der Waals surface area contributed by atoms with E-state index in [0.29, 0.717) is 10.6 Å². The minimum Gasteiger partial charge on any atom is -0.478 e. The molecule has 0 saturated carbocycles. The van der Waals surface area contributed by atoms with Crippen molar-refractivity contribution in [3.05, 3.63) is 49.8 Å². The molecule has 0 atom stereocenters. The molecule has 1 aromatic heterocycles. The summed E-state index contributed by atoms with van der Waals surface area (Å²) in [5.74, 6) is -1.57. The van der Waals surface area contributed by atoms with E-state index in [1.54, 1.807) is 26.0 Å². The van der Waals surface area contributed by atoms with Gasteiger partial charge >= 0.3 is 5.97 Å². The molecule has 2 rings (SSSR count). The average molecular weight is 344 g/mol. The van der Waals surface area contributed by atoms with Crippen molar-refractivity contribution < 1.29 is 14.7 Å². The van der Waals surface area contributed by atoms with E-state index >= 15 is 0 Å². The van der Waals surface area contributed by atoms with Gasteiger partial charge in [-0.25, -0.2) is 4.79 Å². The van der Waals surface area contributed by atoms with Gasteiger partial charge in [0, 0.05) is 4.88 Å². The first-order valence-corrected chi connectivity index (χ1v) is 7.48. The zero-order valence-corrected chi connectivity index (χ0v) is 13.5. The summed E-state index contributed by atoms with van der Waals surface area (Å²) in [5, 5.41) is 12.5. The van der Waals surface area contributed by atoms with Gasteiger partial charge in [0.15, 0.2) is 0 Å². The van der Waals surface area contributed by atoms with E-state index in [4.69, 9.17) is 23.2 Å². The molecule has 110 valence electrons. The Morgan fingerprint density at radius 1 is 1.24 bits per heavy atom. The second-order valence-corrected chi connectivity index (χ2v) is 6.36. The first-order chi connectivity index (χ1) is 9.82. The van der Waals surface area contributed by atoms with Gasteiger partial charge in [0.2, 0.25) is 0 Å². The monoisotopic (exact) mass is 343 g/mol. The van der Waals surface area contributed by atoms with Crippen LogP contribution in [-0.2, 0) is 0 Å². The topological polar surface area (TPSA) is 66.4 Å². The summed E-state index contributed by atoms with van der Waals surface area (Å²) in [6.45, 7) is 3.51. The molecular weight excluding hydrogens is 333 g/mol. The summed E-state index contributed by atoms with van der Waals surface area (Å²) in [5.41, 5.74) is 0.938. The van der Waals surface area contributed by atoms with Crippen molar-refractivity contribution in [1.29, 1.82) is 0 Å². The van der Waals surface area contributed by atoms with E-state index in [2.05, 4.69) is 5.32 Å². The number of rotatable bonds is 3. The number of aryl methyl sites for hydroxylation is 1.